The van der Waals surface area contributed by atoms with Crippen LogP contribution in [0, 0.1) is 11.8 Å². The van der Waals surface area contributed by atoms with E-state index in [1.54, 1.807) is 0 Å². The summed E-state index contributed by atoms with van der Waals surface area (Å²) in [5.74, 6) is 1.45. The summed E-state index contributed by atoms with van der Waals surface area (Å²) in [5, 5.41) is 0. The number of ether oxygens (including phenoxy) is 2. The second-order valence-electron chi connectivity index (χ2n) is 4.20. The fourth-order valence-electron chi connectivity index (χ4n) is 1.53. The average molecular weight is 198 g/mol. The number of Topliss-reactive ketones (excluding diaryl/α,β-unsaturated/α-hetero) is 1. The second kappa shape index (κ2) is 4.03. The Kier molecular flexibility index (Phi) is 3.19. The molecule has 1 aliphatic rings. The lowest BCUT2D eigenvalue weighted by Gasteiger charge is -2.15. The van der Waals surface area contributed by atoms with Gasteiger partial charge in [-0.2, -0.15) is 0 Å². The van der Waals surface area contributed by atoms with Crippen LogP contribution in [0.2, 0.25) is 0 Å². The van der Waals surface area contributed by atoms with E-state index in [9.17, 15) is 4.79 Å². The molecule has 1 heterocycles. The van der Waals surface area contributed by atoms with Crippen molar-refractivity contribution < 1.29 is 14.3 Å². The van der Waals surface area contributed by atoms with E-state index >= 15 is 0 Å². The van der Waals surface area contributed by atoms with E-state index < -0.39 is 0 Å². The van der Waals surface area contributed by atoms with Gasteiger partial charge in [-0.1, -0.05) is 27.7 Å². The molecule has 80 valence electrons. The summed E-state index contributed by atoms with van der Waals surface area (Å²) in [6.45, 7) is 7.92. The van der Waals surface area contributed by atoms with Gasteiger partial charge in [-0.05, 0) is 5.92 Å². The summed E-state index contributed by atoms with van der Waals surface area (Å²) in [7, 11) is 1.52. The lowest BCUT2D eigenvalue weighted by molar-refractivity contribution is -0.125. The third-order valence-corrected chi connectivity index (χ3v) is 2.29. The molecular formula is C11H18O3. The summed E-state index contributed by atoms with van der Waals surface area (Å²) in [4.78, 5) is 11.8. The number of rotatable bonds is 3. The molecule has 0 amide bonds. The van der Waals surface area contributed by atoms with Crippen LogP contribution in [0.15, 0.2) is 11.5 Å². The fourth-order valence-corrected chi connectivity index (χ4v) is 1.53. The van der Waals surface area contributed by atoms with Gasteiger partial charge in [-0.15, -0.1) is 0 Å². The van der Waals surface area contributed by atoms with Crippen molar-refractivity contribution >= 4 is 5.78 Å². The molecule has 3 nitrogen and oxygen atoms in total. The van der Waals surface area contributed by atoms with Crippen molar-refractivity contribution in [2.24, 2.45) is 11.8 Å². The molecule has 1 aliphatic heterocycles. The largest absolute Gasteiger partial charge is 0.490 e. The van der Waals surface area contributed by atoms with Crippen LogP contribution in [0.1, 0.15) is 27.7 Å². The van der Waals surface area contributed by atoms with E-state index in [4.69, 9.17) is 9.47 Å². The molecule has 0 aliphatic carbocycles. The molecule has 0 N–H and O–H groups in total. The van der Waals surface area contributed by atoms with Gasteiger partial charge in [0.05, 0.1) is 7.11 Å². The average Bonchev–Trinajstić information content (AvgIpc) is 2.42. The maximum atomic E-state index is 11.8. The minimum Gasteiger partial charge on any atom is -0.490 e. The predicted molar refractivity (Wildman–Crippen MR) is 53.6 cm³/mol. The quantitative estimate of drug-likeness (QED) is 0.696. The smallest absolute Gasteiger partial charge is 0.241 e. The highest BCUT2D eigenvalue weighted by Crippen LogP contribution is 2.30. The topological polar surface area (TPSA) is 35.5 Å². The van der Waals surface area contributed by atoms with Crippen LogP contribution in [0.25, 0.3) is 0 Å². The highest BCUT2D eigenvalue weighted by molar-refractivity contribution is 5.99. The van der Waals surface area contributed by atoms with Gasteiger partial charge in [0.1, 0.15) is 5.76 Å². The van der Waals surface area contributed by atoms with Crippen LogP contribution in [-0.2, 0) is 14.3 Å². The maximum Gasteiger partial charge on any atom is 0.241 e. The van der Waals surface area contributed by atoms with Crippen LogP contribution < -0.4 is 0 Å². The van der Waals surface area contributed by atoms with Crippen molar-refractivity contribution in [2.75, 3.05) is 7.11 Å². The van der Waals surface area contributed by atoms with Crippen molar-refractivity contribution in [2.45, 2.75) is 33.8 Å². The first-order valence-corrected chi connectivity index (χ1v) is 4.98. The predicted octanol–water partition coefficient (Wildman–Crippen LogP) is 2.12. The van der Waals surface area contributed by atoms with E-state index in [0.717, 1.165) is 0 Å². The Bertz CT molecular complexity index is 264. The molecular weight excluding hydrogens is 180 g/mol. The lowest BCUT2D eigenvalue weighted by atomic mass is 10.0. The van der Waals surface area contributed by atoms with E-state index in [0.29, 0.717) is 11.5 Å². The molecule has 0 fully saturated rings. The summed E-state index contributed by atoms with van der Waals surface area (Å²) < 4.78 is 10.7. The summed E-state index contributed by atoms with van der Waals surface area (Å²) in [5.41, 5.74) is 0. The Labute approximate surface area is 85.1 Å². The first-order valence-electron chi connectivity index (χ1n) is 4.98. The molecule has 1 atom stereocenters. The maximum absolute atomic E-state index is 11.8. The zero-order valence-electron chi connectivity index (χ0n) is 9.46. The third kappa shape index (κ3) is 1.76. The van der Waals surface area contributed by atoms with E-state index in [1.807, 2.05) is 27.7 Å². The lowest BCUT2D eigenvalue weighted by Crippen LogP contribution is -2.24. The molecule has 0 aromatic rings. The number of hydrogen-bond donors (Lipinski definition) is 0. The monoisotopic (exact) mass is 198 g/mol. The number of carbonyl (C=O) groups is 1. The normalized spacial score (nSPS) is 22.2. The number of allylic oxidation sites excluding steroid dienone is 1. The molecule has 0 aromatic heterocycles. The van der Waals surface area contributed by atoms with Gasteiger partial charge in [0.15, 0.2) is 6.10 Å². The minimum atomic E-state index is -0.359. The Morgan fingerprint density at radius 2 is 1.86 bits per heavy atom. The van der Waals surface area contributed by atoms with E-state index in [-0.39, 0.29) is 23.7 Å². The standard InChI is InChI=1S/C11H18O3/c1-6(2)9-8(12)11(13-5)10(14-9)7(3)4/h6-7,9H,1-5H3. The summed E-state index contributed by atoms with van der Waals surface area (Å²) >= 11 is 0. The second-order valence-corrected chi connectivity index (χ2v) is 4.20. The Hall–Kier alpha value is -0.990. The molecule has 0 saturated heterocycles. The SMILES string of the molecule is COC1=C(C(C)C)OC(C(C)C)C1=O. The number of carbonyl (C=O) groups excluding carboxylic acids is 1. The van der Waals surface area contributed by atoms with Crippen molar-refractivity contribution in [3.05, 3.63) is 11.5 Å². The van der Waals surface area contributed by atoms with Gasteiger partial charge < -0.3 is 9.47 Å². The Morgan fingerprint density at radius 3 is 2.14 bits per heavy atom. The van der Waals surface area contributed by atoms with Crippen LogP contribution in [0.5, 0.6) is 0 Å². The molecule has 1 rings (SSSR count). The van der Waals surface area contributed by atoms with Gasteiger partial charge in [0, 0.05) is 5.92 Å². The molecule has 0 bridgehead atoms. The Balaban J connectivity index is 2.93. The van der Waals surface area contributed by atoms with E-state index in [2.05, 4.69) is 0 Å². The van der Waals surface area contributed by atoms with Gasteiger partial charge in [-0.3, -0.25) is 4.79 Å². The van der Waals surface area contributed by atoms with Crippen molar-refractivity contribution in [3.8, 4) is 0 Å². The summed E-state index contributed by atoms with van der Waals surface area (Å²) in [6.07, 6.45) is -0.359. The molecule has 0 saturated carbocycles. The van der Waals surface area contributed by atoms with Crippen LogP contribution in [0.3, 0.4) is 0 Å². The zero-order chi connectivity index (χ0) is 10.9. The Morgan fingerprint density at radius 1 is 1.29 bits per heavy atom. The summed E-state index contributed by atoms with van der Waals surface area (Å²) in [6, 6.07) is 0. The van der Waals surface area contributed by atoms with Gasteiger partial charge >= 0.3 is 0 Å². The van der Waals surface area contributed by atoms with Crippen LogP contribution in [-0.4, -0.2) is 19.0 Å². The molecule has 3 heteroatoms. The molecule has 14 heavy (non-hydrogen) atoms. The number of methoxy groups -OCH3 is 1. The van der Waals surface area contributed by atoms with Crippen molar-refractivity contribution in [1.29, 1.82) is 0 Å². The van der Waals surface area contributed by atoms with Crippen LogP contribution in [0.4, 0.5) is 0 Å². The highest BCUT2D eigenvalue weighted by Gasteiger charge is 2.38. The number of hydrogen-bond acceptors (Lipinski definition) is 3. The van der Waals surface area contributed by atoms with Crippen molar-refractivity contribution in [1.82, 2.24) is 0 Å². The van der Waals surface area contributed by atoms with E-state index in [1.165, 1.54) is 7.11 Å². The van der Waals surface area contributed by atoms with Crippen LogP contribution >= 0.6 is 0 Å². The fraction of sp³-hybridized carbons (Fsp3) is 0.727. The first kappa shape index (κ1) is 11.1. The molecule has 0 aromatic carbocycles. The van der Waals surface area contributed by atoms with Crippen molar-refractivity contribution in [3.63, 3.8) is 0 Å². The third-order valence-electron chi connectivity index (χ3n) is 2.29. The van der Waals surface area contributed by atoms with Gasteiger partial charge in [0.2, 0.25) is 11.5 Å². The highest BCUT2D eigenvalue weighted by atomic mass is 16.5. The van der Waals surface area contributed by atoms with Gasteiger partial charge in [-0.25, -0.2) is 0 Å². The first-order chi connectivity index (χ1) is 6.49. The molecule has 1 unspecified atom stereocenters. The molecule has 0 spiro atoms. The molecule has 0 radical (unpaired) electrons. The van der Waals surface area contributed by atoms with Gasteiger partial charge in [0.25, 0.3) is 0 Å². The number of ketones is 1. The zero-order valence-corrected chi connectivity index (χ0v) is 9.46. The minimum absolute atomic E-state index is 0.0220.